The molecule has 0 spiro atoms. The van der Waals surface area contributed by atoms with Crippen LogP contribution in [0.15, 0.2) is 71.2 Å². The first-order chi connectivity index (χ1) is 15.9. The second-order valence-corrected chi connectivity index (χ2v) is 8.29. The average Bonchev–Trinajstić information content (AvgIpc) is 2.79. The molecular weight excluding hydrogens is 507 g/mol. The third kappa shape index (κ3) is 6.75. The Morgan fingerprint density at radius 3 is 2.58 bits per heavy atom. The lowest BCUT2D eigenvalue weighted by molar-refractivity contribution is 0.102. The molecule has 0 aromatic heterocycles. The molecule has 33 heavy (non-hydrogen) atoms. The van der Waals surface area contributed by atoms with Crippen LogP contribution in [0.3, 0.4) is 0 Å². The van der Waals surface area contributed by atoms with Crippen molar-refractivity contribution in [2.24, 2.45) is 0 Å². The maximum Gasteiger partial charge on any atom is 0.258 e. The monoisotopic (exact) mass is 526 g/mol. The molecule has 0 fully saturated rings. The van der Waals surface area contributed by atoms with Crippen LogP contribution in [0.4, 0.5) is 15.8 Å². The Morgan fingerprint density at radius 2 is 1.88 bits per heavy atom. The van der Waals surface area contributed by atoms with Crippen molar-refractivity contribution in [3.8, 4) is 11.8 Å². The van der Waals surface area contributed by atoms with Crippen molar-refractivity contribution in [1.82, 2.24) is 5.32 Å². The lowest BCUT2D eigenvalue weighted by atomic mass is 10.1. The van der Waals surface area contributed by atoms with Crippen LogP contribution in [0, 0.1) is 17.1 Å². The normalized spacial score (nSPS) is 11.1. The molecule has 168 valence electrons. The number of benzene rings is 3. The molecule has 3 aromatic carbocycles. The summed E-state index contributed by atoms with van der Waals surface area (Å²) in [6.07, 6.45) is 0. The van der Waals surface area contributed by atoms with Crippen molar-refractivity contribution >= 4 is 50.5 Å². The van der Waals surface area contributed by atoms with Crippen molar-refractivity contribution in [1.29, 1.82) is 5.26 Å². The summed E-state index contributed by atoms with van der Waals surface area (Å²) >= 11 is 8.83. The van der Waals surface area contributed by atoms with Gasteiger partial charge >= 0.3 is 0 Å². The van der Waals surface area contributed by atoms with Crippen molar-refractivity contribution in [3.05, 3.63) is 88.1 Å². The zero-order chi connectivity index (χ0) is 23.8. The number of rotatable bonds is 7. The Morgan fingerprint density at radius 1 is 1.15 bits per heavy atom. The number of carbonyl (C=O) groups excluding carboxylic acids is 1. The number of hydrogen-bond acceptors (Lipinski definition) is 4. The van der Waals surface area contributed by atoms with Gasteiger partial charge in [-0.25, -0.2) is 4.39 Å². The molecule has 0 radical (unpaired) electrons. The highest BCUT2D eigenvalue weighted by Gasteiger charge is 2.15. The van der Waals surface area contributed by atoms with Crippen LogP contribution >= 0.6 is 28.1 Å². The number of nitrogens with zero attached hydrogens (tertiary/aromatic N) is 1. The number of hydrogen-bond donors (Lipinski definition) is 3. The molecule has 3 rings (SSSR count). The Balaban J connectivity index is 1.72. The molecule has 3 aromatic rings. The van der Waals surface area contributed by atoms with Gasteiger partial charge in [-0.05, 0) is 61.1 Å². The van der Waals surface area contributed by atoms with Crippen molar-refractivity contribution in [2.45, 2.75) is 13.0 Å². The van der Waals surface area contributed by atoms with Gasteiger partial charge in [0.05, 0.1) is 17.3 Å². The largest absolute Gasteiger partial charge is 0.476 e. The van der Waals surface area contributed by atoms with Gasteiger partial charge in [0.25, 0.3) is 5.91 Å². The Kier molecular flexibility index (Phi) is 8.35. The zero-order valence-corrected chi connectivity index (χ0v) is 20.0. The van der Waals surface area contributed by atoms with E-state index in [0.29, 0.717) is 16.5 Å². The fourth-order valence-electron chi connectivity index (χ4n) is 2.97. The van der Waals surface area contributed by atoms with Crippen LogP contribution in [-0.4, -0.2) is 17.6 Å². The quantitative estimate of drug-likeness (QED) is 0.338. The molecule has 0 aliphatic rings. The number of carbonyl (C=O) groups is 1. The lowest BCUT2D eigenvalue weighted by Gasteiger charge is -2.18. The first-order valence-electron chi connectivity index (χ1n) is 9.90. The Bertz CT molecular complexity index is 1200. The minimum Gasteiger partial charge on any atom is -0.476 e. The molecule has 3 N–H and O–H groups in total. The van der Waals surface area contributed by atoms with E-state index in [1.165, 1.54) is 18.2 Å². The SMILES string of the molecule is CC(NC(=S)Nc1ccc(NC(=O)c2ccccc2F)c(OCC#N)c1)c1ccc(Br)cc1. The summed E-state index contributed by atoms with van der Waals surface area (Å²) in [5.41, 5.74) is 1.85. The number of nitrogens with one attached hydrogen (secondary N) is 3. The zero-order valence-electron chi connectivity index (χ0n) is 17.6. The maximum absolute atomic E-state index is 13.9. The average molecular weight is 527 g/mol. The molecule has 0 heterocycles. The van der Waals surface area contributed by atoms with Gasteiger partial charge in [0.1, 0.15) is 17.6 Å². The molecule has 1 atom stereocenters. The molecule has 0 saturated heterocycles. The third-order valence-electron chi connectivity index (χ3n) is 4.62. The first-order valence-corrected chi connectivity index (χ1v) is 11.1. The van der Waals surface area contributed by atoms with E-state index in [2.05, 4.69) is 31.9 Å². The third-order valence-corrected chi connectivity index (χ3v) is 5.36. The lowest BCUT2D eigenvalue weighted by Crippen LogP contribution is -2.30. The van der Waals surface area contributed by atoms with E-state index in [1.54, 1.807) is 24.3 Å². The summed E-state index contributed by atoms with van der Waals surface area (Å²) in [4.78, 5) is 12.5. The first kappa shape index (κ1) is 24.2. The summed E-state index contributed by atoms with van der Waals surface area (Å²) in [6, 6.07) is 20.3. The van der Waals surface area contributed by atoms with E-state index in [1.807, 2.05) is 37.3 Å². The van der Waals surface area contributed by atoms with Crippen molar-refractivity contribution in [3.63, 3.8) is 0 Å². The predicted molar refractivity (Wildman–Crippen MR) is 134 cm³/mol. The molecule has 0 aliphatic heterocycles. The number of ether oxygens (including phenoxy) is 1. The molecule has 9 heteroatoms. The standard InChI is InChI=1S/C24H20BrFN4O2S/c1-15(16-6-8-17(25)9-7-16)28-24(33)29-18-10-11-21(22(14-18)32-13-12-27)30-23(31)19-4-2-3-5-20(19)26/h2-11,14-15H,13H2,1H3,(H,30,31)(H2,28,29,33). The fourth-order valence-corrected chi connectivity index (χ4v) is 3.53. The smallest absolute Gasteiger partial charge is 0.258 e. The molecule has 1 unspecified atom stereocenters. The van der Waals surface area contributed by atoms with E-state index in [-0.39, 0.29) is 24.0 Å². The highest BCUT2D eigenvalue weighted by Crippen LogP contribution is 2.29. The molecule has 0 bridgehead atoms. The Hall–Kier alpha value is -3.48. The molecule has 6 nitrogen and oxygen atoms in total. The number of thiocarbonyl (C=S) groups is 1. The molecule has 0 aliphatic carbocycles. The van der Waals surface area contributed by atoms with E-state index in [9.17, 15) is 9.18 Å². The minimum atomic E-state index is -0.635. The van der Waals surface area contributed by atoms with Gasteiger partial charge in [-0.15, -0.1) is 0 Å². The van der Waals surface area contributed by atoms with Gasteiger partial charge < -0.3 is 20.7 Å². The topological polar surface area (TPSA) is 86.2 Å². The van der Waals surface area contributed by atoms with Crippen LogP contribution in [0.1, 0.15) is 28.9 Å². The van der Waals surface area contributed by atoms with E-state index in [4.69, 9.17) is 22.2 Å². The number of amides is 1. The van der Waals surface area contributed by atoms with Crippen LogP contribution in [0.5, 0.6) is 5.75 Å². The molecular formula is C24H20BrFN4O2S. The molecule has 1 amide bonds. The van der Waals surface area contributed by atoms with Gasteiger partial charge in [0.2, 0.25) is 0 Å². The van der Waals surface area contributed by atoms with Crippen LogP contribution in [0.25, 0.3) is 0 Å². The molecule has 0 saturated carbocycles. The summed E-state index contributed by atoms with van der Waals surface area (Å²) < 4.78 is 20.4. The summed E-state index contributed by atoms with van der Waals surface area (Å²) in [5, 5.41) is 18.2. The minimum absolute atomic E-state index is 0.0354. The van der Waals surface area contributed by atoms with Crippen LogP contribution in [0.2, 0.25) is 0 Å². The second kappa shape index (κ2) is 11.4. The summed E-state index contributed by atoms with van der Waals surface area (Å²) in [5.74, 6) is -1.02. The van der Waals surface area contributed by atoms with Gasteiger partial charge in [-0.1, -0.05) is 40.2 Å². The van der Waals surface area contributed by atoms with Crippen molar-refractivity contribution < 1.29 is 13.9 Å². The maximum atomic E-state index is 13.9. The predicted octanol–water partition coefficient (Wildman–Crippen LogP) is 5.79. The van der Waals surface area contributed by atoms with E-state index in [0.717, 1.165) is 10.0 Å². The number of halogens is 2. The van der Waals surface area contributed by atoms with Gasteiger partial charge in [0.15, 0.2) is 11.7 Å². The van der Waals surface area contributed by atoms with Crippen molar-refractivity contribution in [2.75, 3.05) is 17.2 Å². The highest BCUT2D eigenvalue weighted by atomic mass is 79.9. The van der Waals surface area contributed by atoms with E-state index < -0.39 is 11.7 Å². The van der Waals surface area contributed by atoms with Gasteiger partial charge in [-0.3, -0.25) is 4.79 Å². The summed E-state index contributed by atoms with van der Waals surface area (Å²) in [6.45, 7) is 1.76. The van der Waals surface area contributed by atoms with Crippen LogP contribution in [-0.2, 0) is 0 Å². The second-order valence-electron chi connectivity index (χ2n) is 6.96. The number of anilines is 2. The van der Waals surface area contributed by atoms with Gasteiger partial charge in [0, 0.05) is 16.2 Å². The van der Waals surface area contributed by atoms with Gasteiger partial charge in [-0.2, -0.15) is 5.26 Å². The summed E-state index contributed by atoms with van der Waals surface area (Å²) in [7, 11) is 0. The fraction of sp³-hybridized carbons (Fsp3) is 0.125. The highest BCUT2D eigenvalue weighted by molar-refractivity contribution is 9.10. The Labute approximate surface area is 204 Å². The van der Waals surface area contributed by atoms with E-state index >= 15 is 0 Å². The van der Waals surface area contributed by atoms with Crippen LogP contribution < -0.4 is 20.7 Å². The number of nitriles is 1.